The summed E-state index contributed by atoms with van der Waals surface area (Å²) in [5, 5.41) is 13.2. The Morgan fingerprint density at radius 3 is 2.67 bits per heavy atom. The van der Waals surface area contributed by atoms with E-state index in [-0.39, 0.29) is 12.1 Å². The molecular weight excluding hydrogens is 228 g/mol. The number of aliphatic hydroxyl groups is 1. The zero-order valence-electron chi connectivity index (χ0n) is 11.1. The van der Waals surface area contributed by atoms with Crippen molar-refractivity contribution in [2.24, 2.45) is 0 Å². The van der Waals surface area contributed by atoms with Gasteiger partial charge in [0.25, 0.3) is 0 Å². The second-order valence-corrected chi connectivity index (χ2v) is 5.13. The minimum Gasteiger partial charge on any atom is -0.497 e. The molecule has 1 aromatic rings. The Labute approximate surface area is 109 Å². The summed E-state index contributed by atoms with van der Waals surface area (Å²) in [5.74, 6) is 0.847. The first-order chi connectivity index (χ1) is 8.67. The lowest BCUT2D eigenvalue weighted by atomic mass is 9.89. The summed E-state index contributed by atoms with van der Waals surface area (Å²) in [6, 6.07) is 7.84. The van der Waals surface area contributed by atoms with Gasteiger partial charge in [-0.15, -0.1) is 0 Å². The van der Waals surface area contributed by atoms with Crippen LogP contribution in [-0.2, 0) is 0 Å². The molecular formula is C14H22N2O2. The zero-order valence-corrected chi connectivity index (χ0v) is 11.1. The van der Waals surface area contributed by atoms with Crippen molar-refractivity contribution >= 4 is 5.69 Å². The molecule has 0 aromatic heterocycles. The first kappa shape index (κ1) is 13.2. The van der Waals surface area contributed by atoms with Gasteiger partial charge in [-0.25, -0.2) is 0 Å². The summed E-state index contributed by atoms with van der Waals surface area (Å²) in [5.41, 5.74) is 0.807. The number of ether oxygens (including phenoxy) is 1. The monoisotopic (exact) mass is 250 g/mol. The lowest BCUT2D eigenvalue weighted by Gasteiger charge is -2.41. The van der Waals surface area contributed by atoms with Crippen molar-refractivity contribution in [1.29, 1.82) is 0 Å². The summed E-state index contributed by atoms with van der Waals surface area (Å²) < 4.78 is 5.14. The lowest BCUT2D eigenvalue weighted by molar-refractivity contribution is 0.124. The van der Waals surface area contributed by atoms with Crippen molar-refractivity contribution in [3.05, 3.63) is 24.3 Å². The summed E-state index contributed by atoms with van der Waals surface area (Å²) >= 11 is 0. The minimum absolute atomic E-state index is 0.156. The van der Waals surface area contributed by atoms with Crippen LogP contribution in [0, 0.1) is 0 Å². The minimum atomic E-state index is -0.221. The number of likely N-dealkylation sites (tertiary alicyclic amines) is 1. The second kappa shape index (κ2) is 5.59. The van der Waals surface area contributed by atoms with Crippen LogP contribution in [0.5, 0.6) is 5.75 Å². The molecule has 1 saturated heterocycles. The third-order valence-corrected chi connectivity index (χ3v) is 3.57. The molecule has 1 aromatic carbocycles. The van der Waals surface area contributed by atoms with E-state index in [2.05, 4.69) is 17.3 Å². The van der Waals surface area contributed by atoms with E-state index in [0.717, 1.165) is 37.4 Å². The Bertz CT molecular complexity index is 380. The van der Waals surface area contributed by atoms with Crippen LogP contribution in [0.15, 0.2) is 24.3 Å². The van der Waals surface area contributed by atoms with Gasteiger partial charge >= 0.3 is 0 Å². The fraction of sp³-hybridized carbons (Fsp3) is 0.571. The van der Waals surface area contributed by atoms with Crippen molar-refractivity contribution in [3.8, 4) is 5.75 Å². The van der Waals surface area contributed by atoms with Crippen LogP contribution < -0.4 is 10.1 Å². The highest BCUT2D eigenvalue weighted by atomic mass is 16.5. The molecule has 0 aliphatic carbocycles. The number of hydrogen-bond acceptors (Lipinski definition) is 4. The standard InChI is InChI=1S/C14H22N2O2/c1-16-9-3-8-14(10-16,11-17)15-12-4-6-13(18-2)7-5-12/h4-7,15,17H,3,8-11H2,1-2H3. The van der Waals surface area contributed by atoms with E-state index in [9.17, 15) is 5.11 Å². The molecule has 2 N–H and O–H groups in total. The number of nitrogens with zero attached hydrogens (tertiary/aromatic N) is 1. The molecule has 1 fully saturated rings. The number of rotatable bonds is 4. The Balaban J connectivity index is 2.08. The molecule has 0 radical (unpaired) electrons. The molecule has 1 aliphatic rings. The first-order valence-electron chi connectivity index (χ1n) is 6.39. The second-order valence-electron chi connectivity index (χ2n) is 5.13. The van der Waals surface area contributed by atoms with E-state index in [1.807, 2.05) is 24.3 Å². The molecule has 0 saturated carbocycles. The van der Waals surface area contributed by atoms with Crippen LogP contribution in [0.4, 0.5) is 5.69 Å². The fourth-order valence-corrected chi connectivity index (χ4v) is 2.61. The van der Waals surface area contributed by atoms with Gasteiger partial charge in [0.15, 0.2) is 0 Å². The van der Waals surface area contributed by atoms with Gasteiger partial charge in [-0.2, -0.15) is 0 Å². The molecule has 1 unspecified atom stereocenters. The summed E-state index contributed by atoms with van der Waals surface area (Å²) in [4.78, 5) is 2.26. The van der Waals surface area contributed by atoms with Crippen LogP contribution in [0.25, 0.3) is 0 Å². The van der Waals surface area contributed by atoms with Gasteiger partial charge in [0.1, 0.15) is 5.75 Å². The van der Waals surface area contributed by atoms with Crippen molar-refractivity contribution in [2.45, 2.75) is 18.4 Å². The molecule has 4 heteroatoms. The maximum absolute atomic E-state index is 9.71. The van der Waals surface area contributed by atoms with E-state index in [1.165, 1.54) is 0 Å². The number of hydrogen-bond donors (Lipinski definition) is 2. The first-order valence-corrected chi connectivity index (χ1v) is 6.39. The van der Waals surface area contributed by atoms with Crippen LogP contribution >= 0.6 is 0 Å². The number of anilines is 1. The molecule has 1 heterocycles. The largest absolute Gasteiger partial charge is 0.497 e. The average molecular weight is 250 g/mol. The molecule has 18 heavy (non-hydrogen) atoms. The summed E-state index contributed by atoms with van der Waals surface area (Å²) in [7, 11) is 3.76. The third kappa shape index (κ3) is 2.94. The SMILES string of the molecule is COc1ccc(NC2(CO)CCCN(C)C2)cc1. The highest BCUT2D eigenvalue weighted by Gasteiger charge is 2.33. The van der Waals surface area contributed by atoms with E-state index in [4.69, 9.17) is 4.74 Å². The average Bonchev–Trinajstić information content (AvgIpc) is 2.39. The fourth-order valence-electron chi connectivity index (χ4n) is 2.61. The number of piperidine rings is 1. The molecule has 100 valence electrons. The van der Waals surface area contributed by atoms with E-state index < -0.39 is 0 Å². The highest BCUT2D eigenvalue weighted by Crippen LogP contribution is 2.26. The van der Waals surface area contributed by atoms with Gasteiger partial charge in [-0.1, -0.05) is 0 Å². The predicted molar refractivity (Wildman–Crippen MR) is 73.2 cm³/mol. The Kier molecular flexibility index (Phi) is 4.09. The number of aliphatic hydroxyl groups excluding tert-OH is 1. The highest BCUT2D eigenvalue weighted by molar-refractivity contribution is 5.48. The molecule has 0 amide bonds. The Hall–Kier alpha value is -1.26. The molecule has 1 aliphatic heterocycles. The van der Waals surface area contributed by atoms with E-state index >= 15 is 0 Å². The van der Waals surface area contributed by atoms with Gasteiger partial charge in [0.2, 0.25) is 0 Å². The zero-order chi connectivity index (χ0) is 13.0. The normalized spacial score (nSPS) is 24.8. The van der Waals surface area contributed by atoms with Crippen LogP contribution in [0.1, 0.15) is 12.8 Å². The van der Waals surface area contributed by atoms with Gasteiger partial charge in [0, 0.05) is 12.2 Å². The maximum atomic E-state index is 9.71. The molecule has 4 nitrogen and oxygen atoms in total. The summed E-state index contributed by atoms with van der Waals surface area (Å²) in [6.45, 7) is 2.13. The van der Waals surface area contributed by atoms with Crippen molar-refractivity contribution < 1.29 is 9.84 Å². The number of methoxy groups -OCH3 is 1. The summed E-state index contributed by atoms with van der Waals surface area (Å²) in [6.07, 6.45) is 2.11. The van der Waals surface area contributed by atoms with Crippen LogP contribution in [0.2, 0.25) is 0 Å². The van der Waals surface area contributed by atoms with Gasteiger partial charge in [-0.05, 0) is 50.7 Å². The van der Waals surface area contributed by atoms with Crippen molar-refractivity contribution in [1.82, 2.24) is 4.90 Å². The molecule has 2 rings (SSSR count). The number of nitrogens with one attached hydrogen (secondary N) is 1. The van der Waals surface area contributed by atoms with Crippen molar-refractivity contribution in [3.63, 3.8) is 0 Å². The topological polar surface area (TPSA) is 44.7 Å². The smallest absolute Gasteiger partial charge is 0.119 e. The third-order valence-electron chi connectivity index (χ3n) is 3.57. The molecule has 0 spiro atoms. The van der Waals surface area contributed by atoms with Gasteiger partial charge in [0.05, 0.1) is 19.3 Å². The Morgan fingerprint density at radius 1 is 1.39 bits per heavy atom. The van der Waals surface area contributed by atoms with Gasteiger partial charge in [-0.3, -0.25) is 0 Å². The van der Waals surface area contributed by atoms with Crippen LogP contribution in [0.3, 0.4) is 0 Å². The van der Waals surface area contributed by atoms with E-state index in [1.54, 1.807) is 7.11 Å². The number of benzene rings is 1. The van der Waals surface area contributed by atoms with Crippen LogP contribution in [-0.4, -0.2) is 49.4 Å². The van der Waals surface area contributed by atoms with E-state index in [0.29, 0.717) is 0 Å². The maximum Gasteiger partial charge on any atom is 0.119 e. The quantitative estimate of drug-likeness (QED) is 0.851. The lowest BCUT2D eigenvalue weighted by Crippen LogP contribution is -2.54. The predicted octanol–water partition coefficient (Wildman–Crippen LogP) is 1.56. The number of likely N-dealkylation sites (N-methyl/N-ethyl adjacent to an activating group) is 1. The molecule has 1 atom stereocenters. The molecule has 0 bridgehead atoms. The van der Waals surface area contributed by atoms with Crippen molar-refractivity contribution in [2.75, 3.05) is 39.2 Å². The Morgan fingerprint density at radius 2 is 2.11 bits per heavy atom. The van der Waals surface area contributed by atoms with Gasteiger partial charge < -0.3 is 20.1 Å².